The van der Waals surface area contributed by atoms with Crippen LogP contribution < -0.4 is 5.32 Å². The van der Waals surface area contributed by atoms with Crippen molar-refractivity contribution in [2.75, 3.05) is 11.9 Å². The normalized spacial score (nSPS) is 22.4. The monoisotopic (exact) mass is 460 g/mol. The van der Waals surface area contributed by atoms with Crippen molar-refractivity contribution in [1.82, 2.24) is 24.9 Å². The molecule has 1 N–H and O–H groups in total. The van der Waals surface area contributed by atoms with Crippen LogP contribution in [0.3, 0.4) is 0 Å². The fourth-order valence-corrected chi connectivity index (χ4v) is 4.74. The molecule has 1 amide bonds. The number of amides is 1. The van der Waals surface area contributed by atoms with Crippen LogP contribution in [-0.4, -0.2) is 49.4 Å². The van der Waals surface area contributed by atoms with Gasteiger partial charge in [-0.25, -0.2) is 9.37 Å². The molecule has 2 aromatic heterocycles. The Kier molecular flexibility index (Phi) is 5.26. The third kappa shape index (κ3) is 4.14. The average Bonchev–Trinajstić information content (AvgIpc) is 3.43. The number of anilines is 1. The van der Waals surface area contributed by atoms with E-state index in [1.165, 1.54) is 41.5 Å². The van der Waals surface area contributed by atoms with Crippen molar-refractivity contribution in [3.63, 3.8) is 0 Å². The first-order valence-electron chi connectivity index (χ1n) is 10.6. The second kappa shape index (κ2) is 8.13. The van der Waals surface area contributed by atoms with Crippen LogP contribution >= 0.6 is 0 Å². The van der Waals surface area contributed by atoms with Crippen molar-refractivity contribution in [3.05, 3.63) is 65.9 Å². The number of carbonyl (C=O) groups excluding carboxylic acids is 1. The number of pyridine rings is 1. The molecular weight excluding hydrogens is 440 g/mol. The summed E-state index contributed by atoms with van der Waals surface area (Å²) in [5, 5.41) is 11.3. The molecule has 1 saturated carbocycles. The number of nitrogens with one attached hydrogen (secondary N) is 1. The third-order valence-electron chi connectivity index (χ3n) is 6.29. The number of benzene rings is 1. The lowest BCUT2D eigenvalue weighted by Gasteiger charge is -2.34. The largest absolute Gasteiger partial charge is 0.417 e. The van der Waals surface area contributed by atoms with Crippen LogP contribution in [0.4, 0.5) is 23.4 Å². The Balaban J connectivity index is 1.39. The summed E-state index contributed by atoms with van der Waals surface area (Å²) in [6, 6.07) is 5.80. The van der Waals surface area contributed by atoms with Gasteiger partial charge in [0, 0.05) is 18.8 Å². The van der Waals surface area contributed by atoms with Gasteiger partial charge in [-0.2, -0.15) is 28.2 Å². The number of likely N-dealkylation sites (tertiary alicyclic amines) is 1. The molecule has 1 aromatic carbocycles. The van der Waals surface area contributed by atoms with Crippen LogP contribution in [0.15, 0.2) is 48.9 Å². The van der Waals surface area contributed by atoms with E-state index in [0.717, 1.165) is 31.5 Å². The van der Waals surface area contributed by atoms with E-state index in [1.54, 1.807) is 4.90 Å². The van der Waals surface area contributed by atoms with E-state index in [0.29, 0.717) is 24.0 Å². The molecule has 172 valence electrons. The fourth-order valence-electron chi connectivity index (χ4n) is 4.74. The summed E-state index contributed by atoms with van der Waals surface area (Å²) >= 11 is 0. The number of carbonyl (C=O) groups is 1. The van der Waals surface area contributed by atoms with E-state index >= 15 is 0 Å². The average molecular weight is 460 g/mol. The Labute approximate surface area is 186 Å². The third-order valence-corrected chi connectivity index (χ3v) is 6.29. The van der Waals surface area contributed by atoms with Gasteiger partial charge in [0.2, 0.25) is 0 Å². The lowest BCUT2D eigenvalue weighted by Crippen LogP contribution is -2.46. The number of aromatic nitrogens is 4. The Morgan fingerprint density at radius 1 is 1.09 bits per heavy atom. The van der Waals surface area contributed by atoms with Gasteiger partial charge in [-0.1, -0.05) is 0 Å². The zero-order valence-corrected chi connectivity index (χ0v) is 17.3. The zero-order valence-electron chi connectivity index (χ0n) is 17.3. The smallest absolute Gasteiger partial charge is 0.365 e. The number of halogens is 4. The van der Waals surface area contributed by atoms with E-state index in [4.69, 9.17) is 0 Å². The minimum Gasteiger partial charge on any atom is -0.365 e. The highest BCUT2D eigenvalue weighted by Gasteiger charge is 2.44. The predicted molar refractivity (Wildman–Crippen MR) is 110 cm³/mol. The number of rotatable bonds is 4. The van der Waals surface area contributed by atoms with Gasteiger partial charge in [-0.05, 0) is 55.5 Å². The molecule has 11 heteroatoms. The molecule has 1 aliphatic carbocycles. The number of nitrogens with zero attached hydrogens (tertiary/aromatic N) is 5. The molecular formula is C22H20F4N6O. The van der Waals surface area contributed by atoms with Gasteiger partial charge in [0.05, 0.1) is 35.2 Å². The first-order valence-corrected chi connectivity index (χ1v) is 10.6. The molecule has 1 saturated heterocycles. The Morgan fingerprint density at radius 3 is 2.58 bits per heavy atom. The number of hydrogen-bond donors (Lipinski definition) is 1. The molecule has 5 rings (SSSR count). The van der Waals surface area contributed by atoms with Crippen molar-refractivity contribution in [2.45, 2.75) is 37.5 Å². The molecule has 0 spiro atoms. The summed E-state index contributed by atoms with van der Waals surface area (Å²) < 4.78 is 52.5. The Morgan fingerprint density at radius 2 is 1.88 bits per heavy atom. The second-order valence-electron chi connectivity index (χ2n) is 8.36. The summed E-state index contributed by atoms with van der Waals surface area (Å²) in [6.07, 6.45) is 1.66. The molecule has 33 heavy (non-hydrogen) atoms. The van der Waals surface area contributed by atoms with Crippen molar-refractivity contribution in [3.8, 4) is 5.69 Å². The maximum Gasteiger partial charge on any atom is 0.417 e. The predicted octanol–water partition coefficient (Wildman–Crippen LogP) is 3.93. The van der Waals surface area contributed by atoms with Gasteiger partial charge in [0.1, 0.15) is 11.6 Å². The van der Waals surface area contributed by atoms with Gasteiger partial charge < -0.3 is 10.2 Å². The topological polar surface area (TPSA) is 75.9 Å². The minimum atomic E-state index is -4.45. The van der Waals surface area contributed by atoms with Crippen molar-refractivity contribution in [2.24, 2.45) is 5.92 Å². The fraction of sp³-hybridized carbons (Fsp3) is 0.364. The molecule has 7 nitrogen and oxygen atoms in total. The second-order valence-corrected chi connectivity index (χ2v) is 8.36. The van der Waals surface area contributed by atoms with E-state index in [-0.39, 0.29) is 23.6 Å². The molecule has 1 aliphatic heterocycles. The quantitative estimate of drug-likeness (QED) is 0.598. The molecule has 2 bridgehead atoms. The van der Waals surface area contributed by atoms with Gasteiger partial charge in [0.15, 0.2) is 0 Å². The van der Waals surface area contributed by atoms with Gasteiger partial charge in [-0.3, -0.25) is 4.79 Å². The Hall–Kier alpha value is -3.50. The maximum atomic E-state index is 14.1. The number of hydrogen-bond acceptors (Lipinski definition) is 5. The van der Waals surface area contributed by atoms with Crippen LogP contribution in [-0.2, 0) is 6.18 Å². The van der Waals surface area contributed by atoms with E-state index in [1.807, 2.05) is 0 Å². The first-order chi connectivity index (χ1) is 15.8. The highest BCUT2D eigenvalue weighted by atomic mass is 19.4. The summed E-state index contributed by atoms with van der Waals surface area (Å²) in [4.78, 5) is 20.4. The molecule has 3 unspecified atom stereocenters. The van der Waals surface area contributed by atoms with E-state index in [2.05, 4.69) is 20.5 Å². The van der Waals surface area contributed by atoms with Crippen molar-refractivity contribution >= 4 is 11.7 Å². The molecule has 3 atom stereocenters. The van der Waals surface area contributed by atoms with Gasteiger partial charge >= 0.3 is 6.18 Å². The van der Waals surface area contributed by atoms with Crippen molar-refractivity contribution in [1.29, 1.82) is 0 Å². The highest BCUT2D eigenvalue weighted by molar-refractivity contribution is 5.98. The van der Waals surface area contributed by atoms with E-state index in [9.17, 15) is 22.4 Å². The molecule has 0 radical (unpaired) electrons. The summed E-state index contributed by atoms with van der Waals surface area (Å²) in [5.41, 5.74) is -0.285. The highest BCUT2D eigenvalue weighted by Crippen LogP contribution is 2.38. The van der Waals surface area contributed by atoms with Gasteiger partial charge in [-0.15, -0.1) is 0 Å². The molecule has 3 aromatic rings. The number of fused-ring (bicyclic) bond motifs is 2. The van der Waals surface area contributed by atoms with Crippen LogP contribution in [0, 0.1) is 11.7 Å². The summed E-state index contributed by atoms with van der Waals surface area (Å²) in [5.74, 6) is -0.237. The van der Waals surface area contributed by atoms with E-state index < -0.39 is 17.6 Å². The van der Waals surface area contributed by atoms with Gasteiger partial charge in [0.25, 0.3) is 5.91 Å². The Bertz CT molecular complexity index is 1150. The lowest BCUT2D eigenvalue weighted by atomic mass is 9.86. The molecule has 2 aliphatic rings. The molecule has 2 fully saturated rings. The van der Waals surface area contributed by atoms with Crippen LogP contribution in [0.1, 0.15) is 35.2 Å². The SMILES string of the molecule is O=C(c1cc(F)ccc1-n1nccn1)N1CC2CCC(Nc3ccc(C(F)(F)F)cn3)C1C2. The minimum absolute atomic E-state index is 0.158. The lowest BCUT2D eigenvalue weighted by molar-refractivity contribution is -0.137. The first kappa shape index (κ1) is 21.4. The summed E-state index contributed by atoms with van der Waals surface area (Å²) in [6.45, 7) is 0.532. The zero-order chi connectivity index (χ0) is 23.2. The van der Waals surface area contributed by atoms with Crippen molar-refractivity contribution < 1.29 is 22.4 Å². The van der Waals surface area contributed by atoms with Crippen LogP contribution in [0.25, 0.3) is 5.69 Å². The standard InChI is InChI=1S/C22H20F4N6O/c23-15-3-5-18(32-28-7-8-29-32)16(10-15)21(33)31-12-13-1-4-17(19(31)9-13)30-20-6-2-14(11-27-20)22(24,25)26/h2-3,5-8,10-11,13,17,19H,1,4,9,12H2,(H,27,30). The van der Waals surface area contributed by atoms with Crippen LogP contribution in [0.5, 0.6) is 0 Å². The summed E-state index contributed by atoms with van der Waals surface area (Å²) in [7, 11) is 0. The number of alkyl halides is 3. The molecule has 3 heterocycles. The maximum absolute atomic E-state index is 14.1. The van der Waals surface area contributed by atoms with Crippen LogP contribution in [0.2, 0.25) is 0 Å².